The summed E-state index contributed by atoms with van der Waals surface area (Å²) >= 11 is 1.32. The summed E-state index contributed by atoms with van der Waals surface area (Å²) in [4.78, 5) is 39.0. The summed E-state index contributed by atoms with van der Waals surface area (Å²) in [6.07, 6.45) is 0. The van der Waals surface area contributed by atoms with Crippen molar-refractivity contribution in [2.45, 2.75) is 24.0 Å². The predicted octanol–water partition coefficient (Wildman–Crippen LogP) is 5.00. The van der Waals surface area contributed by atoms with E-state index < -0.39 is 17.0 Å². The van der Waals surface area contributed by atoms with E-state index in [-0.39, 0.29) is 22.7 Å². The average Bonchev–Trinajstić information content (AvgIpc) is 3.08. The van der Waals surface area contributed by atoms with E-state index in [1.54, 1.807) is 55.9 Å². The maximum Gasteiger partial charge on any atom is 0.295 e. The van der Waals surface area contributed by atoms with Crippen LogP contribution in [0.4, 0.5) is 15.8 Å². The van der Waals surface area contributed by atoms with Gasteiger partial charge in [0.2, 0.25) is 5.91 Å². The molecule has 4 aromatic rings. The second-order valence-electron chi connectivity index (χ2n) is 8.14. The summed E-state index contributed by atoms with van der Waals surface area (Å²) < 4.78 is 17.0. The van der Waals surface area contributed by atoms with Crippen molar-refractivity contribution in [3.63, 3.8) is 0 Å². The van der Waals surface area contributed by atoms with Crippen LogP contribution in [0.3, 0.4) is 0 Å². The molecule has 1 heterocycles. The topological polar surface area (TPSA) is 85.1 Å². The number of benzene rings is 3. The van der Waals surface area contributed by atoms with Gasteiger partial charge in [-0.15, -0.1) is 11.8 Å². The van der Waals surface area contributed by atoms with Crippen LogP contribution >= 0.6 is 11.8 Å². The van der Waals surface area contributed by atoms with Gasteiger partial charge in [-0.2, -0.15) is 0 Å². The second kappa shape index (κ2) is 10.7. The molecule has 9 heteroatoms. The Hall–Kier alpha value is -4.11. The van der Waals surface area contributed by atoms with E-state index in [2.05, 4.69) is 10.6 Å². The lowest BCUT2D eigenvalue weighted by molar-refractivity contribution is -0.115. The molecule has 0 saturated heterocycles. The molecule has 0 bridgehead atoms. The fourth-order valence-corrected chi connectivity index (χ4v) is 4.52. The zero-order valence-electron chi connectivity index (χ0n) is 20.0. The molecule has 0 aliphatic carbocycles. The molecule has 0 saturated carbocycles. The molecule has 2 amide bonds. The van der Waals surface area contributed by atoms with E-state index in [1.165, 1.54) is 34.6 Å². The molecule has 0 spiro atoms. The van der Waals surface area contributed by atoms with Gasteiger partial charge in [0.05, 0.1) is 22.2 Å². The van der Waals surface area contributed by atoms with Crippen molar-refractivity contribution in [3.8, 4) is 5.69 Å². The molecule has 1 aromatic heterocycles. The highest BCUT2D eigenvalue weighted by Crippen LogP contribution is 2.26. The molecule has 0 radical (unpaired) electrons. The van der Waals surface area contributed by atoms with Crippen LogP contribution in [0.1, 0.15) is 23.0 Å². The highest BCUT2D eigenvalue weighted by Gasteiger charge is 2.21. The van der Waals surface area contributed by atoms with Crippen LogP contribution in [0.2, 0.25) is 0 Å². The number of hydrogen-bond acceptors (Lipinski definition) is 4. The number of thioether (sulfide) groups is 1. The predicted molar refractivity (Wildman–Crippen MR) is 140 cm³/mol. The van der Waals surface area contributed by atoms with Crippen molar-refractivity contribution >= 4 is 35.0 Å². The van der Waals surface area contributed by atoms with Crippen LogP contribution in [-0.2, 0) is 11.8 Å². The minimum absolute atomic E-state index is 0.0382. The molecule has 7 nitrogen and oxygen atoms in total. The number of amides is 2. The van der Waals surface area contributed by atoms with E-state index >= 15 is 0 Å². The van der Waals surface area contributed by atoms with Gasteiger partial charge in [-0.1, -0.05) is 30.3 Å². The number of halogens is 1. The largest absolute Gasteiger partial charge is 0.322 e. The van der Waals surface area contributed by atoms with E-state index in [0.29, 0.717) is 17.1 Å². The second-order valence-corrected chi connectivity index (χ2v) is 9.56. The number of carbonyl (C=O) groups excluding carboxylic acids is 2. The highest BCUT2D eigenvalue weighted by atomic mass is 32.2. The van der Waals surface area contributed by atoms with E-state index in [0.717, 1.165) is 4.90 Å². The molecule has 36 heavy (non-hydrogen) atoms. The van der Waals surface area contributed by atoms with Gasteiger partial charge in [-0.3, -0.25) is 19.1 Å². The van der Waals surface area contributed by atoms with E-state index in [9.17, 15) is 18.8 Å². The number of nitrogens with one attached hydrogen (secondary N) is 2. The first-order valence-electron chi connectivity index (χ1n) is 11.2. The fraction of sp³-hybridized carbons (Fsp3) is 0.148. The van der Waals surface area contributed by atoms with Crippen LogP contribution < -0.4 is 16.2 Å². The van der Waals surface area contributed by atoms with Gasteiger partial charge in [0, 0.05) is 17.6 Å². The van der Waals surface area contributed by atoms with Crippen molar-refractivity contribution in [1.82, 2.24) is 9.36 Å². The highest BCUT2D eigenvalue weighted by molar-refractivity contribution is 8.00. The normalized spacial score (nSPS) is 11.7. The Morgan fingerprint density at radius 3 is 2.22 bits per heavy atom. The Labute approximate surface area is 211 Å². The van der Waals surface area contributed by atoms with Crippen molar-refractivity contribution in [3.05, 3.63) is 106 Å². The van der Waals surface area contributed by atoms with Crippen molar-refractivity contribution < 1.29 is 14.0 Å². The maximum absolute atomic E-state index is 13.8. The smallest absolute Gasteiger partial charge is 0.295 e. The van der Waals surface area contributed by atoms with Crippen LogP contribution in [0.25, 0.3) is 5.69 Å². The number of carbonyl (C=O) groups is 2. The minimum Gasteiger partial charge on any atom is -0.322 e. The Bertz CT molecular complexity index is 1460. The van der Waals surface area contributed by atoms with Gasteiger partial charge < -0.3 is 10.6 Å². The molecule has 2 N–H and O–H groups in total. The minimum atomic E-state index is -0.591. The summed E-state index contributed by atoms with van der Waals surface area (Å²) in [5.74, 6) is -1.44. The van der Waals surface area contributed by atoms with Crippen LogP contribution in [0.5, 0.6) is 0 Å². The number of nitrogens with zero attached hydrogens (tertiary/aromatic N) is 2. The van der Waals surface area contributed by atoms with Gasteiger partial charge in [0.15, 0.2) is 0 Å². The van der Waals surface area contributed by atoms with Crippen molar-refractivity contribution in [1.29, 1.82) is 0 Å². The number of aromatic nitrogens is 2. The molecule has 184 valence electrons. The molecule has 4 rings (SSSR count). The van der Waals surface area contributed by atoms with Crippen molar-refractivity contribution in [2.24, 2.45) is 7.05 Å². The zero-order valence-corrected chi connectivity index (χ0v) is 20.8. The first-order valence-corrected chi connectivity index (χ1v) is 12.1. The lowest BCUT2D eigenvalue weighted by Gasteiger charge is -2.12. The summed E-state index contributed by atoms with van der Waals surface area (Å²) in [5.41, 5.74) is 1.75. The molecular weight excluding hydrogens is 479 g/mol. The number of rotatable bonds is 7. The summed E-state index contributed by atoms with van der Waals surface area (Å²) in [6.45, 7) is 3.53. The quantitative estimate of drug-likeness (QED) is 0.347. The molecule has 1 atom stereocenters. The third kappa shape index (κ3) is 5.26. The van der Waals surface area contributed by atoms with Gasteiger partial charge in [-0.25, -0.2) is 9.07 Å². The summed E-state index contributed by atoms with van der Waals surface area (Å²) in [5, 5.41) is 4.95. The van der Waals surface area contributed by atoms with Gasteiger partial charge in [0.25, 0.3) is 11.5 Å². The third-order valence-electron chi connectivity index (χ3n) is 5.72. The lowest BCUT2D eigenvalue weighted by atomic mass is 10.2. The Kier molecular flexibility index (Phi) is 7.40. The van der Waals surface area contributed by atoms with Crippen LogP contribution in [0.15, 0.2) is 88.6 Å². The SMILES string of the molecule is Cc1c(NC(=O)C(C)Sc2ccc(NC(=O)c3ccccc3F)cc2)c(=O)n(-c2ccccc2)n1C. The Morgan fingerprint density at radius 1 is 0.917 bits per heavy atom. The van der Waals surface area contributed by atoms with Crippen molar-refractivity contribution in [2.75, 3.05) is 10.6 Å². The van der Waals surface area contributed by atoms with Gasteiger partial charge in [-0.05, 0) is 62.4 Å². The first-order chi connectivity index (χ1) is 17.3. The maximum atomic E-state index is 13.8. The molecule has 0 aliphatic rings. The fourth-order valence-electron chi connectivity index (χ4n) is 3.66. The average molecular weight is 505 g/mol. The van der Waals surface area contributed by atoms with Crippen LogP contribution in [-0.4, -0.2) is 26.4 Å². The Balaban J connectivity index is 1.41. The van der Waals surface area contributed by atoms with Gasteiger partial charge >= 0.3 is 0 Å². The monoisotopic (exact) mass is 504 g/mol. The number of anilines is 2. The van der Waals surface area contributed by atoms with Gasteiger partial charge in [0.1, 0.15) is 11.5 Å². The standard InChI is InChI=1S/C27H25FN4O3S/c1-17-24(27(35)32(31(17)3)20-9-5-4-6-10-20)30-25(33)18(2)36-21-15-13-19(14-16-21)29-26(34)22-11-7-8-12-23(22)28/h4-16,18H,1-3H3,(H,29,34)(H,30,33). The number of para-hydroxylation sites is 1. The summed E-state index contributed by atoms with van der Waals surface area (Å²) in [7, 11) is 1.77. The van der Waals surface area contributed by atoms with E-state index in [4.69, 9.17) is 0 Å². The molecular formula is C27H25FN4O3S. The molecule has 3 aromatic carbocycles. The first kappa shape index (κ1) is 25.0. The third-order valence-corrected chi connectivity index (χ3v) is 6.83. The molecule has 1 unspecified atom stereocenters. The zero-order chi connectivity index (χ0) is 25.8. The number of hydrogen-bond donors (Lipinski definition) is 2. The Morgan fingerprint density at radius 2 is 1.56 bits per heavy atom. The lowest BCUT2D eigenvalue weighted by Crippen LogP contribution is -2.27. The van der Waals surface area contributed by atoms with E-state index in [1.807, 2.05) is 30.3 Å². The summed E-state index contributed by atoms with van der Waals surface area (Å²) in [6, 6.07) is 21.9. The molecule has 0 aliphatic heterocycles. The molecule has 0 fully saturated rings. The van der Waals surface area contributed by atoms with Crippen LogP contribution in [0, 0.1) is 12.7 Å².